The number of amides is 11. The first-order valence-electron chi connectivity index (χ1n) is 48.6. The van der Waals surface area contributed by atoms with Crippen molar-refractivity contribution in [3.63, 3.8) is 0 Å². The molecule has 766 valence electrons. The minimum Gasteiger partial charge on any atom is -0.508 e. The van der Waals surface area contributed by atoms with Gasteiger partial charge in [0.15, 0.2) is 11.6 Å². The number of thioether (sulfide) groups is 3. The van der Waals surface area contributed by atoms with Crippen molar-refractivity contribution in [3.8, 4) is 17.2 Å². The van der Waals surface area contributed by atoms with E-state index in [1.54, 1.807) is 84.8 Å². The van der Waals surface area contributed by atoms with Gasteiger partial charge in [0.25, 0.3) is 17.7 Å². The number of aliphatic hydroxyl groups is 2. The van der Waals surface area contributed by atoms with Gasteiger partial charge in [0, 0.05) is 148 Å². The highest BCUT2D eigenvalue weighted by atomic mass is 32.2. The molecule has 0 aromatic heterocycles. The van der Waals surface area contributed by atoms with Crippen LogP contribution in [0.4, 0.5) is 9.59 Å². The Morgan fingerprint density at radius 3 is 1.17 bits per heavy atom. The highest BCUT2D eigenvalue weighted by Gasteiger charge is 2.38. The van der Waals surface area contributed by atoms with Crippen LogP contribution in [0.2, 0.25) is 0 Å². The summed E-state index contributed by atoms with van der Waals surface area (Å²) >= 11 is 4.55. The predicted molar refractivity (Wildman–Crippen MR) is 563 cm³/mol. The van der Waals surface area contributed by atoms with Crippen molar-refractivity contribution in [2.75, 3.05) is 69.6 Å². The maximum absolute atomic E-state index is 13.3. The lowest BCUT2D eigenvalue weighted by atomic mass is 9.97. The summed E-state index contributed by atoms with van der Waals surface area (Å²) < 4.78 is 0. The largest absolute Gasteiger partial charge is 0.508 e. The van der Waals surface area contributed by atoms with E-state index in [1.165, 1.54) is 41.2 Å². The number of phenolic OH excluding ortho intramolecular Hbond substituents is 3. The molecule has 10 rings (SSSR count). The second kappa shape index (κ2) is 62.5. The average Bonchev–Trinajstić information content (AvgIpc) is 0.468. The number of aliphatic hydroxyl groups excluding tert-OH is 2. The number of rotatable bonds is 46. The number of urea groups is 2. The Balaban J connectivity index is 0.000000271. The molecule has 11 amide bonds. The van der Waals surface area contributed by atoms with Gasteiger partial charge in [0.1, 0.15) is 35.4 Å². The zero-order valence-corrected chi connectivity index (χ0v) is 87.2. The molecule has 0 bridgehead atoms. The second-order valence-electron chi connectivity index (χ2n) is 37.6. The molecule has 8 aromatic carbocycles. The van der Waals surface area contributed by atoms with Gasteiger partial charge in [-0.05, 0) is 154 Å². The lowest BCUT2D eigenvalue weighted by Crippen LogP contribution is -2.60. The van der Waals surface area contributed by atoms with Gasteiger partial charge < -0.3 is 93.8 Å². The number of ketones is 2. The molecule has 32 heteroatoms. The van der Waals surface area contributed by atoms with E-state index >= 15 is 0 Å². The van der Waals surface area contributed by atoms with Crippen molar-refractivity contribution in [2.24, 2.45) is 29.6 Å². The summed E-state index contributed by atoms with van der Waals surface area (Å²) in [7, 11) is 0. The standard InChI is InChI=1S/C24H38N4O4.C23H28N2O4S.C21H34N4O2.C21H28N2O3S.C20H23NO3S/c1-16(2)13-21(30)26-15-20(29)19(14-18-9-6-5-7-10-18)27-23(31)22(17(3)4)28-12-8-11-25-24(28)32;1-15(2)12-17(26)13-24-23(29)20(14-30-18-8-5-4-6-9-18)25-22(28)19-10-7-11-21(27)16(19)3;1-15(2)19(25-12-8-11-22-21(25)27)20(26)24-18(14-23-16(3)4)13-17-9-6-5-7-10-17;1-14(2)22-12-20(25)18(13-27-16-8-5-4-6-9-16)23-21(26)17-10-7-11-19(24)15(17)3;1-13(2)19(23)17(12-25-15-8-5-4-6-9-15)21-20(24)16-10-7-11-18(22)14(16)3/h5-7,9-10,16-17,19-20,22,29H,8,11-15H2,1-4H3,(H,25,32)(H,26,30)(H,27,31);4-11,15,20,27H,12-14H2,1-3H3,(H,24,29)(H,25,28);5-7,9-10,15-16,18-19,23H,8,11-14H2,1-4H3,(H,22,27)(H,24,26);4-11,14,18,20,22,24-25H,12-13H2,1-3H3,(H,23,26);4-11,13,17,22H,12H2,1-3H3,(H,21,24)/t19-,20-,22-;20-;18-,19-;18-,20?;17-/m00000/s1. The van der Waals surface area contributed by atoms with E-state index in [-0.39, 0.29) is 125 Å². The molecule has 0 radical (unpaired) electrons. The third kappa shape index (κ3) is 42.5. The zero-order valence-electron chi connectivity index (χ0n) is 84.7. The first-order valence-corrected chi connectivity index (χ1v) is 51.6. The van der Waals surface area contributed by atoms with Crippen molar-refractivity contribution >= 4 is 100 Å². The number of aromatic hydroxyl groups is 3. The summed E-state index contributed by atoms with van der Waals surface area (Å²) in [5, 5.41) is 83.3. The van der Waals surface area contributed by atoms with Crippen LogP contribution in [0.5, 0.6) is 17.2 Å². The van der Waals surface area contributed by atoms with Crippen LogP contribution < -0.4 is 58.5 Å². The average molecular weight is 2000 g/mol. The van der Waals surface area contributed by atoms with Crippen LogP contribution in [0.1, 0.15) is 182 Å². The molecule has 29 nitrogen and oxygen atoms in total. The number of carbonyl (C=O) groups excluding carboxylic acids is 11. The molecule has 0 spiro atoms. The summed E-state index contributed by atoms with van der Waals surface area (Å²) in [5.74, 6) is -0.405. The summed E-state index contributed by atoms with van der Waals surface area (Å²) in [6, 6.07) is 59.9. The van der Waals surface area contributed by atoms with Crippen LogP contribution in [0.25, 0.3) is 0 Å². The van der Waals surface area contributed by atoms with Gasteiger partial charge in [-0.1, -0.05) is 230 Å². The van der Waals surface area contributed by atoms with Gasteiger partial charge in [-0.2, -0.15) is 0 Å². The first-order chi connectivity index (χ1) is 67.1. The van der Waals surface area contributed by atoms with E-state index in [2.05, 4.69) is 84.5 Å². The van der Waals surface area contributed by atoms with Gasteiger partial charge >= 0.3 is 12.1 Å². The van der Waals surface area contributed by atoms with Gasteiger partial charge in [-0.3, -0.25) is 43.2 Å². The normalized spacial score (nSPS) is 14.3. The van der Waals surface area contributed by atoms with E-state index in [4.69, 9.17) is 0 Å². The maximum Gasteiger partial charge on any atom is 0.318 e. The molecule has 2 fully saturated rings. The molecular formula is C109H151N13O16S3. The number of Topliss-reactive ketones (excluding diaryl/α,β-unsaturated/α-hetero) is 2. The van der Waals surface area contributed by atoms with Crippen LogP contribution in [-0.2, 0) is 41.6 Å². The first kappa shape index (κ1) is 118. The molecule has 2 saturated heterocycles. The summed E-state index contributed by atoms with van der Waals surface area (Å²) in [6.07, 6.45) is 1.86. The number of nitrogens with zero attached hydrogens (tertiary/aromatic N) is 2. The monoisotopic (exact) mass is 1990 g/mol. The molecular weight excluding hydrogens is 1840 g/mol. The lowest BCUT2D eigenvalue weighted by molar-refractivity contribution is -0.129. The summed E-state index contributed by atoms with van der Waals surface area (Å²) in [4.78, 5) is 145. The van der Waals surface area contributed by atoms with Crippen molar-refractivity contribution in [1.82, 2.24) is 68.3 Å². The fourth-order valence-corrected chi connectivity index (χ4v) is 18.1. The Morgan fingerprint density at radius 2 is 0.766 bits per heavy atom. The molecule has 0 saturated carbocycles. The van der Waals surface area contributed by atoms with Crippen LogP contribution in [0.3, 0.4) is 0 Å². The number of phenols is 3. The number of nitrogens with one attached hydrogen (secondary N) is 11. The van der Waals surface area contributed by atoms with E-state index in [1.807, 2.05) is 223 Å². The zero-order chi connectivity index (χ0) is 104. The Kier molecular flexibility index (Phi) is 52.3. The van der Waals surface area contributed by atoms with Crippen molar-refractivity contribution < 1.29 is 78.3 Å². The van der Waals surface area contributed by atoms with Gasteiger partial charge in [-0.25, -0.2) is 9.59 Å². The minimum atomic E-state index is -0.974. The number of hydrogen-bond donors (Lipinski definition) is 16. The molecule has 2 aliphatic heterocycles. The fourth-order valence-electron chi connectivity index (χ4n) is 15.2. The molecule has 2 aliphatic rings. The second-order valence-corrected chi connectivity index (χ2v) is 40.8. The van der Waals surface area contributed by atoms with E-state index in [9.17, 15) is 78.3 Å². The predicted octanol–water partition coefficient (Wildman–Crippen LogP) is 13.9. The van der Waals surface area contributed by atoms with E-state index in [0.29, 0.717) is 115 Å². The molecule has 0 aliphatic carbocycles. The van der Waals surface area contributed by atoms with Crippen molar-refractivity contribution in [2.45, 2.75) is 237 Å². The number of hydrogen-bond acceptors (Lipinski definition) is 21. The van der Waals surface area contributed by atoms with Gasteiger partial charge in [0.05, 0.1) is 36.9 Å². The SMILES string of the molecule is CC(C)CC(=O)NC[C@H](O)[C@H](Cc1ccccc1)NC(=O)[C@H](C(C)C)N1CCCNC1=O.CC(C)NC[C@H](Cc1ccccc1)NC(=O)[C@H](C(C)C)N1CCCNC1=O.Cc1c(O)cccc1C(=O)N[C@@H](CSc1ccccc1)C(=O)C(C)C.Cc1c(O)cccc1C(=O)N[C@@H](CSc1ccccc1)C(=O)NCC(=O)CC(C)C.Cc1c(O)cccc1C(=O)N[C@@H](CSc1ccccc1)C(O)CNC(C)C. The van der Waals surface area contributed by atoms with E-state index in [0.717, 1.165) is 39.5 Å². The fraction of sp³-hybridized carbons (Fsp3) is 0.459. The quantitative estimate of drug-likeness (QED) is 0.0158. The van der Waals surface area contributed by atoms with Crippen LogP contribution >= 0.6 is 35.3 Å². The highest BCUT2D eigenvalue weighted by Crippen LogP contribution is 2.28. The van der Waals surface area contributed by atoms with Crippen LogP contribution in [0.15, 0.2) is 221 Å². The van der Waals surface area contributed by atoms with Gasteiger partial charge in [-0.15, -0.1) is 35.3 Å². The Hall–Kier alpha value is -11.8. The molecule has 8 aromatic rings. The summed E-state index contributed by atoms with van der Waals surface area (Å²) in [5.41, 5.74) is 4.71. The molecule has 16 N–H and O–H groups in total. The third-order valence-electron chi connectivity index (χ3n) is 22.9. The highest BCUT2D eigenvalue weighted by molar-refractivity contribution is 7.99. The summed E-state index contributed by atoms with van der Waals surface area (Å²) in [6.45, 7) is 35.9. The van der Waals surface area contributed by atoms with Crippen molar-refractivity contribution in [3.05, 3.63) is 251 Å². The van der Waals surface area contributed by atoms with Crippen LogP contribution in [-0.4, -0.2) is 237 Å². The Labute approximate surface area is 846 Å². The van der Waals surface area contributed by atoms with Gasteiger partial charge in [0.2, 0.25) is 23.6 Å². The number of benzene rings is 8. The number of carbonyl (C=O) groups is 11. The minimum absolute atomic E-state index is 0.00501. The van der Waals surface area contributed by atoms with E-state index < -0.39 is 60.3 Å². The third-order valence-corrected chi connectivity index (χ3v) is 26.3. The Morgan fingerprint density at radius 1 is 0.390 bits per heavy atom. The molecule has 9 atom stereocenters. The maximum atomic E-state index is 13.3. The molecule has 2 heterocycles. The van der Waals surface area contributed by atoms with Crippen LogP contribution in [0, 0.1) is 50.4 Å². The molecule has 1 unspecified atom stereocenters. The van der Waals surface area contributed by atoms with Crippen molar-refractivity contribution in [1.29, 1.82) is 0 Å². The molecule has 141 heavy (non-hydrogen) atoms. The Bertz CT molecular complexity index is 5200. The lowest BCUT2D eigenvalue weighted by Gasteiger charge is -2.37. The smallest absolute Gasteiger partial charge is 0.318 e. The topological polar surface area (TPSA) is 428 Å².